The van der Waals surface area contributed by atoms with Gasteiger partial charge in [-0.2, -0.15) is 4.68 Å². The van der Waals surface area contributed by atoms with E-state index in [9.17, 15) is 9.59 Å². The van der Waals surface area contributed by atoms with Crippen LogP contribution in [0.1, 0.15) is 34.5 Å². The molecule has 0 spiro atoms. The molecule has 1 atom stereocenters. The minimum Gasteiger partial charge on any atom is -0.457 e. The number of nitrogens with two attached hydrogens (primary N) is 1. The number of nitrogens with one attached hydrogen (secondary N) is 1. The zero-order valence-electron chi connectivity index (χ0n) is 18.9. The van der Waals surface area contributed by atoms with Crippen LogP contribution >= 0.6 is 0 Å². The average Bonchev–Trinajstić information content (AvgIpc) is 3.35. The summed E-state index contributed by atoms with van der Waals surface area (Å²) >= 11 is 0. The molecule has 1 unspecified atom stereocenters. The number of benzene rings is 3. The molecule has 1 amide bonds. The van der Waals surface area contributed by atoms with E-state index in [0.29, 0.717) is 28.3 Å². The van der Waals surface area contributed by atoms with Gasteiger partial charge in [0.1, 0.15) is 12.6 Å². The second-order valence-electron chi connectivity index (χ2n) is 8.07. The molecule has 3 N–H and O–H groups in total. The molecule has 9 nitrogen and oxygen atoms in total. The van der Waals surface area contributed by atoms with Crippen LogP contribution in [-0.4, -0.2) is 32.1 Å². The highest BCUT2D eigenvalue weighted by Gasteiger charge is 2.36. The smallest absolute Gasteiger partial charge is 0.338 e. The number of fused-ring (bicyclic) bond motifs is 1. The first kappa shape index (κ1) is 22.0. The summed E-state index contributed by atoms with van der Waals surface area (Å²) in [5.41, 5.74) is 9.96. The average molecular weight is 467 g/mol. The van der Waals surface area contributed by atoms with Crippen molar-refractivity contribution in [1.29, 1.82) is 0 Å². The van der Waals surface area contributed by atoms with Crippen molar-refractivity contribution >= 4 is 17.8 Å². The lowest BCUT2D eigenvalue weighted by molar-refractivity contribution is -0.140. The molecule has 5 rings (SSSR count). The quantitative estimate of drug-likeness (QED) is 0.417. The lowest BCUT2D eigenvalue weighted by Crippen LogP contribution is -2.30. The Bertz CT molecular complexity index is 1440. The third kappa shape index (κ3) is 4.15. The number of carbonyl (C=O) groups is 2. The molecule has 0 fully saturated rings. The molecule has 1 aromatic heterocycles. The number of hydrogen-bond donors (Lipinski definition) is 2. The van der Waals surface area contributed by atoms with Crippen molar-refractivity contribution in [3.8, 4) is 11.1 Å². The van der Waals surface area contributed by atoms with Crippen molar-refractivity contribution in [2.24, 2.45) is 5.73 Å². The standard InChI is InChI=1S/C26H22N6O3/c1-16-22(25(34)35-15-17-9-3-2-4-10-17)23(32-26(28-16)29-30-31-32)20-13-7-5-11-18(20)19-12-6-8-14-21(19)24(27)33/h2-14,23H,15H2,1H3,(H2,27,33)(H,28,29,31). The van der Waals surface area contributed by atoms with Crippen molar-refractivity contribution < 1.29 is 14.3 Å². The largest absolute Gasteiger partial charge is 0.457 e. The van der Waals surface area contributed by atoms with Gasteiger partial charge in [0.15, 0.2) is 0 Å². The number of aromatic nitrogens is 4. The third-order valence-electron chi connectivity index (χ3n) is 5.88. The predicted octanol–water partition coefficient (Wildman–Crippen LogP) is 3.47. The molecular weight excluding hydrogens is 444 g/mol. The Hall–Kier alpha value is -4.79. The number of esters is 1. The maximum Gasteiger partial charge on any atom is 0.338 e. The van der Waals surface area contributed by atoms with Crippen molar-refractivity contribution in [1.82, 2.24) is 20.2 Å². The number of allylic oxidation sites excluding steroid dienone is 1. The molecule has 0 saturated heterocycles. The van der Waals surface area contributed by atoms with Crippen LogP contribution < -0.4 is 11.1 Å². The van der Waals surface area contributed by atoms with E-state index in [0.717, 1.165) is 16.7 Å². The Morgan fingerprint density at radius 3 is 2.43 bits per heavy atom. The van der Waals surface area contributed by atoms with Crippen LogP contribution in [0.15, 0.2) is 90.1 Å². The lowest BCUT2D eigenvalue weighted by atomic mass is 9.87. The molecule has 174 valence electrons. The topological polar surface area (TPSA) is 125 Å². The molecule has 0 saturated carbocycles. The molecule has 0 aliphatic carbocycles. The van der Waals surface area contributed by atoms with Crippen LogP contribution in [-0.2, 0) is 16.1 Å². The number of rotatable bonds is 6. The van der Waals surface area contributed by atoms with Gasteiger partial charge in [-0.15, -0.1) is 0 Å². The fraction of sp³-hybridized carbons (Fsp3) is 0.115. The Kier molecular flexibility index (Phi) is 5.80. The summed E-state index contributed by atoms with van der Waals surface area (Å²) < 4.78 is 7.24. The van der Waals surface area contributed by atoms with Gasteiger partial charge in [-0.1, -0.05) is 77.9 Å². The zero-order chi connectivity index (χ0) is 24.4. The Balaban J connectivity index is 1.62. The number of anilines is 1. The van der Waals surface area contributed by atoms with Crippen LogP contribution in [0.3, 0.4) is 0 Å². The van der Waals surface area contributed by atoms with Crippen LogP contribution in [0, 0.1) is 0 Å². The normalized spacial score (nSPS) is 14.7. The first-order chi connectivity index (χ1) is 17.0. The van der Waals surface area contributed by atoms with Gasteiger partial charge in [0.25, 0.3) is 0 Å². The molecular formula is C26H22N6O3. The summed E-state index contributed by atoms with van der Waals surface area (Å²) in [7, 11) is 0. The van der Waals surface area contributed by atoms with Gasteiger partial charge in [-0.05, 0) is 45.7 Å². The van der Waals surface area contributed by atoms with Crippen molar-refractivity contribution in [2.75, 3.05) is 5.32 Å². The van der Waals surface area contributed by atoms with E-state index >= 15 is 0 Å². The molecule has 2 heterocycles. The van der Waals surface area contributed by atoms with Gasteiger partial charge in [-0.3, -0.25) is 4.79 Å². The number of nitrogens with zero attached hydrogens (tertiary/aromatic N) is 4. The van der Waals surface area contributed by atoms with Crippen molar-refractivity contribution in [3.05, 3.63) is 107 Å². The molecule has 9 heteroatoms. The summed E-state index contributed by atoms with van der Waals surface area (Å²) in [6.45, 7) is 1.90. The highest BCUT2D eigenvalue weighted by molar-refractivity contribution is 6.00. The van der Waals surface area contributed by atoms with Crippen LogP contribution in [0.4, 0.5) is 5.95 Å². The minimum atomic E-state index is -0.693. The highest BCUT2D eigenvalue weighted by Crippen LogP contribution is 2.40. The van der Waals surface area contributed by atoms with Gasteiger partial charge in [0.2, 0.25) is 11.9 Å². The molecule has 1 aliphatic rings. The van der Waals surface area contributed by atoms with Crippen LogP contribution in [0.25, 0.3) is 11.1 Å². The fourth-order valence-corrected chi connectivity index (χ4v) is 4.28. The zero-order valence-corrected chi connectivity index (χ0v) is 18.9. The minimum absolute atomic E-state index is 0.123. The Morgan fingerprint density at radius 2 is 1.66 bits per heavy atom. The van der Waals surface area contributed by atoms with E-state index in [-0.39, 0.29) is 6.61 Å². The van der Waals surface area contributed by atoms with Crippen molar-refractivity contribution in [3.63, 3.8) is 0 Å². The second-order valence-corrected chi connectivity index (χ2v) is 8.07. The number of hydrogen-bond acceptors (Lipinski definition) is 7. The van der Waals surface area contributed by atoms with Crippen LogP contribution in [0.2, 0.25) is 0 Å². The Labute approximate surface area is 201 Å². The number of amides is 1. The Morgan fingerprint density at radius 1 is 0.971 bits per heavy atom. The number of tetrazole rings is 1. The summed E-state index contributed by atoms with van der Waals surface area (Å²) in [6, 6.07) is 23.3. The SMILES string of the molecule is CC1=C(C(=O)OCc2ccccc2)C(c2ccccc2-c2ccccc2C(N)=O)n2nnnc2N1. The molecule has 4 aromatic rings. The number of carbonyl (C=O) groups excluding carboxylic acids is 2. The molecule has 3 aromatic carbocycles. The van der Waals surface area contributed by atoms with Crippen LogP contribution in [0.5, 0.6) is 0 Å². The maximum absolute atomic E-state index is 13.4. The van der Waals surface area contributed by atoms with Gasteiger partial charge >= 0.3 is 5.97 Å². The van der Waals surface area contributed by atoms with Crippen molar-refractivity contribution in [2.45, 2.75) is 19.6 Å². The molecule has 0 bridgehead atoms. The second kappa shape index (κ2) is 9.22. The first-order valence-electron chi connectivity index (χ1n) is 11.0. The van der Waals surface area contributed by atoms with Gasteiger partial charge in [0, 0.05) is 11.3 Å². The van der Waals surface area contributed by atoms with E-state index in [2.05, 4.69) is 20.8 Å². The van der Waals surface area contributed by atoms with E-state index in [4.69, 9.17) is 10.5 Å². The third-order valence-corrected chi connectivity index (χ3v) is 5.88. The maximum atomic E-state index is 13.4. The molecule has 35 heavy (non-hydrogen) atoms. The van der Waals surface area contributed by atoms with Gasteiger partial charge in [0.05, 0.1) is 5.57 Å². The predicted molar refractivity (Wildman–Crippen MR) is 129 cm³/mol. The fourth-order valence-electron chi connectivity index (χ4n) is 4.28. The molecule has 1 aliphatic heterocycles. The van der Waals surface area contributed by atoms with Gasteiger partial charge < -0.3 is 15.8 Å². The summed E-state index contributed by atoms with van der Waals surface area (Å²) in [4.78, 5) is 25.6. The lowest BCUT2D eigenvalue weighted by Gasteiger charge is -2.29. The van der Waals surface area contributed by atoms with E-state index in [1.807, 2.05) is 66.7 Å². The summed E-state index contributed by atoms with van der Waals surface area (Å²) in [6.07, 6.45) is 0. The monoisotopic (exact) mass is 466 g/mol. The summed E-state index contributed by atoms with van der Waals surface area (Å²) in [5, 5.41) is 15.1. The van der Waals surface area contributed by atoms with E-state index < -0.39 is 17.9 Å². The van der Waals surface area contributed by atoms with E-state index in [1.165, 1.54) is 4.68 Å². The first-order valence-corrected chi connectivity index (χ1v) is 11.0. The summed E-state index contributed by atoms with van der Waals surface area (Å²) in [5.74, 6) is -0.647. The highest BCUT2D eigenvalue weighted by atomic mass is 16.5. The molecule has 0 radical (unpaired) electrons. The number of primary amides is 1. The number of ether oxygens (including phenoxy) is 1. The van der Waals surface area contributed by atoms with E-state index in [1.54, 1.807) is 19.1 Å². The van der Waals surface area contributed by atoms with Gasteiger partial charge in [-0.25, -0.2) is 4.79 Å².